The Morgan fingerprint density at radius 1 is 0.800 bits per heavy atom. The molecule has 2 amide bonds. The minimum atomic E-state index is -0.416. The number of hydrogen-bond donors (Lipinski definition) is 4. The van der Waals surface area contributed by atoms with Crippen LogP contribution >= 0.6 is 25.3 Å². The first-order valence-corrected chi connectivity index (χ1v) is 7.41. The highest BCUT2D eigenvalue weighted by Gasteiger charge is 2.03. The van der Waals surface area contributed by atoms with E-state index in [2.05, 4.69) is 35.9 Å². The van der Waals surface area contributed by atoms with Crippen molar-refractivity contribution in [1.29, 1.82) is 0 Å². The SMILES string of the molecule is O=C(NCCOC(=O)CCS)NCCOC(=O)CCS. The molecule has 0 aliphatic carbocycles. The first-order chi connectivity index (χ1) is 9.60. The molecule has 0 aliphatic heterocycles. The van der Waals surface area contributed by atoms with Crippen molar-refractivity contribution in [2.45, 2.75) is 12.8 Å². The number of esters is 2. The fourth-order valence-corrected chi connectivity index (χ4v) is 1.41. The third kappa shape index (κ3) is 12.0. The Morgan fingerprint density at radius 2 is 1.20 bits per heavy atom. The molecule has 0 aromatic carbocycles. The molecule has 0 heterocycles. The Hall–Kier alpha value is -1.09. The minimum absolute atomic E-state index is 0.108. The van der Waals surface area contributed by atoms with Gasteiger partial charge < -0.3 is 20.1 Å². The van der Waals surface area contributed by atoms with Gasteiger partial charge >= 0.3 is 18.0 Å². The summed E-state index contributed by atoms with van der Waals surface area (Å²) in [4.78, 5) is 33.2. The molecule has 0 saturated heterocycles. The number of urea groups is 1. The molecule has 0 fully saturated rings. The Bertz CT molecular complexity index is 287. The molecule has 0 aliphatic rings. The maximum Gasteiger partial charge on any atom is 0.315 e. The Balaban J connectivity index is 3.41. The van der Waals surface area contributed by atoms with Crippen molar-refractivity contribution in [1.82, 2.24) is 10.6 Å². The maximum absolute atomic E-state index is 11.3. The second-order valence-electron chi connectivity index (χ2n) is 3.57. The predicted molar refractivity (Wildman–Crippen MR) is 80.3 cm³/mol. The predicted octanol–water partition coefficient (Wildman–Crippen LogP) is 0.0118. The molecule has 9 heteroatoms. The van der Waals surface area contributed by atoms with E-state index in [1.54, 1.807) is 0 Å². The van der Waals surface area contributed by atoms with Crippen molar-refractivity contribution in [3.63, 3.8) is 0 Å². The largest absolute Gasteiger partial charge is 0.464 e. The van der Waals surface area contributed by atoms with Gasteiger partial charge in [-0.25, -0.2) is 4.79 Å². The van der Waals surface area contributed by atoms with Crippen LogP contribution in [0.2, 0.25) is 0 Å². The smallest absolute Gasteiger partial charge is 0.315 e. The monoisotopic (exact) mass is 324 g/mol. The van der Waals surface area contributed by atoms with Crippen LogP contribution in [0.25, 0.3) is 0 Å². The van der Waals surface area contributed by atoms with Crippen LogP contribution in [0.5, 0.6) is 0 Å². The Morgan fingerprint density at radius 3 is 1.55 bits per heavy atom. The van der Waals surface area contributed by atoms with Gasteiger partial charge in [-0.3, -0.25) is 9.59 Å². The number of hydrogen-bond acceptors (Lipinski definition) is 7. The lowest BCUT2D eigenvalue weighted by molar-refractivity contribution is -0.143. The number of nitrogens with one attached hydrogen (secondary N) is 2. The molecule has 7 nitrogen and oxygen atoms in total. The Kier molecular flexibility index (Phi) is 12.2. The summed E-state index contributed by atoms with van der Waals surface area (Å²) in [5, 5.41) is 4.99. The zero-order valence-corrected chi connectivity index (χ0v) is 12.9. The van der Waals surface area contributed by atoms with Crippen LogP contribution in [0.1, 0.15) is 12.8 Å². The average Bonchev–Trinajstić information content (AvgIpc) is 2.40. The number of thiol groups is 2. The highest BCUT2D eigenvalue weighted by Crippen LogP contribution is 1.89. The van der Waals surface area contributed by atoms with Crippen molar-refractivity contribution in [3.05, 3.63) is 0 Å². The molecule has 116 valence electrons. The van der Waals surface area contributed by atoms with E-state index >= 15 is 0 Å². The van der Waals surface area contributed by atoms with E-state index in [0.29, 0.717) is 11.5 Å². The highest BCUT2D eigenvalue weighted by atomic mass is 32.1. The number of carbonyl (C=O) groups is 3. The second-order valence-corrected chi connectivity index (χ2v) is 4.47. The van der Waals surface area contributed by atoms with Gasteiger partial charge in [0.1, 0.15) is 13.2 Å². The third-order valence-corrected chi connectivity index (χ3v) is 2.38. The van der Waals surface area contributed by atoms with Gasteiger partial charge in [0.25, 0.3) is 0 Å². The van der Waals surface area contributed by atoms with Crippen LogP contribution in [-0.4, -0.2) is 55.8 Å². The van der Waals surface area contributed by atoms with Gasteiger partial charge in [0, 0.05) is 11.5 Å². The van der Waals surface area contributed by atoms with Gasteiger partial charge in [-0.05, 0) is 0 Å². The Labute approximate surface area is 129 Å². The van der Waals surface area contributed by atoms with E-state index in [0.717, 1.165) is 0 Å². The van der Waals surface area contributed by atoms with E-state index in [9.17, 15) is 14.4 Å². The number of carbonyl (C=O) groups excluding carboxylic acids is 3. The van der Waals surface area contributed by atoms with Gasteiger partial charge in [-0.15, -0.1) is 0 Å². The van der Waals surface area contributed by atoms with Crippen molar-refractivity contribution in [2.24, 2.45) is 0 Å². The summed E-state index contributed by atoms with van der Waals surface area (Å²) in [6.07, 6.45) is 0.486. The van der Waals surface area contributed by atoms with E-state index < -0.39 is 6.03 Å². The van der Waals surface area contributed by atoms with E-state index in [-0.39, 0.29) is 51.1 Å². The fraction of sp³-hybridized carbons (Fsp3) is 0.727. The molecule has 0 bridgehead atoms. The van der Waals surface area contributed by atoms with Crippen molar-refractivity contribution in [3.8, 4) is 0 Å². The quantitative estimate of drug-likeness (QED) is 0.258. The summed E-state index contributed by atoms with van der Waals surface area (Å²) in [5.74, 6) is 0.161. The first kappa shape index (κ1) is 18.9. The van der Waals surface area contributed by atoms with Crippen molar-refractivity contribution in [2.75, 3.05) is 37.8 Å². The van der Waals surface area contributed by atoms with E-state index in [1.165, 1.54) is 0 Å². The molecule has 0 unspecified atom stereocenters. The molecule has 2 N–H and O–H groups in total. The molecule has 0 aromatic rings. The summed E-state index contributed by atoms with van der Waals surface area (Å²) < 4.78 is 9.62. The normalized spacial score (nSPS) is 9.70. The van der Waals surface area contributed by atoms with Gasteiger partial charge in [-0.1, -0.05) is 0 Å². The summed E-state index contributed by atoms with van der Waals surface area (Å²) in [6.45, 7) is 0.640. The van der Waals surface area contributed by atoms with Gasteiger partial charge in [0.15, 0.2) is 0 Å². The lowest BCUT2D eigenvalue weighted by Crippen LogP contribution is -2.39. The molecule has 0 radical (unpaired) electrons. The van der Waals surface area contributed by atoms with Gasteiger partial charge in [0.05, 0.1) is 25.9 Å². The lowest BCUT2D eigenvalue weighted by Gasteiger charge is -2.08. The molecule has 0 rings (SSSR count). The number of rotatable bonds is 10. The van der Waals surface area contributed by atoms with Crippen molar-refractivity contribution >= 4 is 43.2 Å². The van der Waals surface area contributed by atoms with Crippen LogP contribution in [0.15, 0.2) is 0 Å². The summed E-state index contributed by atoms with van der Waals surface area (Å²) in [6, 6.07) is -0.416. The van der Waals surface area contributed by atoms with Gasteiger partial charge in [-0.2, -0.15) is 25.3 Å². The summed E-state index contributed by atoms with van der Waals surface area (Å²) >= 11 is 7.78. The lowest BCUT2D eigenvalue weighted by atomic mass is 10.5. The molecule has 0 aromatic heterocycles. The van der Waals surface area contributed by atoms with Crippen LogP contribution in [0.4, 0.5) is 4.79 Å². The van der Waals surface area contributed by atoms with Crippen molar-refractivity contribution < 1.29 is 23.9 Å². The maximum atomic E-state index is 11.3. The fourth-order valence-electron chi connectivity index (χ4n) is 1.05. The van der Waals surface area contributed by atoms with Crippen LogP contribution in [0.3, 0.4) is 0 Å². The summed E-state index contributed by atoms with van der Waals surface area (Å²) in [5.41, 5.74) is 0. The molecule has 0 spiro atoms. The highest BCUT2D eigenvalue weighted by molar-refractivity contribution is 7.80. The molecular formula is C11H20N2O5S2. The zero-order valence-electron chi connectivity index (χ0n) is 11.1. The molecule has 0 atom stereocenters. The molecule has 0 saturated carbocycles. The van der Waals surface area contributed by atoms with E-state index in [1.807, 2.05) is 0 Å². The second kappa shape index (κ2) is 12.9. The van der Waals surface area contributed by atoms with Crippen LogP contribution < -0.4 is 10.6 Å². The topological polar surface area (TPSA) is 93.7 Å². The van der Waals surface area contributed by atoms with E-state index in [4.69, 9.17) is 9.47 Å². The van der Waals surface area contributed by atoms with Gasteiger partial charge in [0.2, 0.25) is 0 Å². The molecular weight excluding hydrogens is 304 g/mol. The van der Waals surface area contributed by atoms with Crippen LogP contribution in [-0.2, 0) is 19.1 Å². The number of ether oxygens (including phenoxy) is 2. The standard InChI is InChI=1S/C11H20N2O5S2/c14-9(1-7-19)17-5-3-12-11(16)13-4-6-18-10(15)2-8-20/h19-20H,1-8H2,(H2,12,13,16). The first-order valence-electron chi connectivity index (χ1n) is 6.14. The minimum Gasteiger partial charge on any atom is -0.464 e. The summed E-state index contributed by atoms with van der Waals surface area (Å²) in [7, 11) is 0. The average molecular weight is 324 g/mol. The third-order valence-electron chi connectivity index (χ3n) is 1.93. The molecule has 20 heavy (non-hydrogen) atoms. The zero-order chi connectivity index (χ0) is 15.2. The van der Waals surface area contributed by atoms with Crippen LogP contribution in [0, 0.1) is 0 Å². The number of amides is 2.